The van der Waals surface area contributed by atoms with Crippen LogP contribution in [-0.2, 0) is 19.7 Å². The summed E-state index contributed by atoms with van der Waals surface area (Å²) in [5.74, 6) is 0.0471. The Morgan fingerprint density at radius 2 is 1.91 bits per heavy atom. The molecular weight excluding hydrogens is 292 g/mol. The van der Waals surface area contributed by atoms with Gasteiger partial charge in [-0.1, -0.05) is 18.2 Å². The third-order valence-corrected chi connectivity index (χ3v) is 4.45. The number of carbonyl (C=O) groups excluding carboxylic acids is 1. The second-order valence-electron chi connectivity index (χ2n) is 6.33. The number of carbonyl (C=O) groups is 1. The maximum absolute atomic E-state index is 13.0. The van der Waals surface area contributed by atoms with Crippen molar-refractivity contribution < 1.29 is 14.3 Å². The molecule has 1 saturated heterocycles. The van der Waals surface area contributed by atoms with Gasteiger partial charge in [-0.2, -0.15) is 0 Å². The first kappa shape index (κ1) is 14.4. The van der Waals surface area contributed by atoms with Crippen molar-refractivity contribution in [2.75, 3.05) is 18.1 Å². The van der Waals surface area contributed by atoms with E-state index in [1.807, 2.05) is 44.2 Å². The number of nitrogens with zero attached hydrogens (tertiary/aromatic N) is 2. The van der Waals surface area contributed by atoms with Crippen LogP contribution in [0.15, 0.2) is 42.7 Å². The fourth-order valence-corrected chi connectivity index (χ4v) is 3.20. The first-order chi connectivity index (χ1) is 11.1. The molecule has 2 aliphatic heterocycles. The predicted molar refractivity (Wildman–Crippen MR) is 85.5 cm³/mol. The van der Waals surface area contributed by atoms with Crippen molar-refractivity contribution in [2.45, 2.75) is 25.6 Å². The van der Waals surface area contributed by atoms with E-state index in [9.17, 15) is 4.79 Å². The van der Waals surface area contributed by atoms with Gasteiger partial charge in [-0.25, -0.2) is 0 Å². The second kappa shape index (κ2) is 5.15. The molecule has 0 atom stereocenters. The van der Waals surface area contributed by atoms with Crippen molar-refractivity contribution in [3.63, 3.8) is 0 Å². The minimum absolute atomic E-state index is 0.0471. The van der Waals surface area contributed by atoms with Crippen LogP contribution >= 0.6 is 0 Å². The van der Waals surface area contributed by atoms with Crippen LogP contribution in [0.2, 0.25) is 0 Å². The zero-order valence-corrected chi connectivity index (χ0v) is 13.2. The number of rotatable bonds is 2. The molecule has 0 saturated carbocycles. The first-order valence-electron chi connectivity index (χ1n) is 7.71. The van der Waals surface area contributed by atoms with Gasteiger partial charge in [0.05, 0.1) is 36.2 Å². The lowest BCUT2D eigenvalue weighted by Gasteiger charge is -2.21. The number of aromatic nitrogens is 1. The minimum atomic E-state index is -0.549. The van der Waals surface area contributed by atoms with Gasteiger partial charge in [-0.15, -0.1) is 0 Å². The monoisotopic (exact) mass is 310 g/mol. The van der Waals surface area contributed by atoms with Crippen molar-refractivity contribution >= 4 is 17.3 Å². The van der Waals surface area contributed by atoms with E-state index < -0.39 is 11.7 Å². The van der Waals surface area contributed by atoms with Gasteiger partial charge >= 0.3 is 0 Å². The van der Waals surface area contributed by atoms with Gasteiger partial charge in [0.15, 0.2) is 6.29 Å². The number of ether oxygens (including phenoxy) is 2. The Labute approximate surface area is 134 Å². The standard InChI is InChI=1S/C18H18N2O3/c1-18(2)14-5-3-4-6-15(14)20(17(18)21)13-9-12(10-19-11-13)16-22-7-8-23-16/h3-6,9-11,16H,7-8H2,1-2H3. The maximum Gasteiger partial charge on any atom is 0.241 e. The van der Waals surface area contributed by atoms with Crippen molar-refractivity contribution in [1.29, 1.82) is 0 Å². The maximum atomic E-state index is 13.0. The average Bonchev–Trinajstić information content (AvgIpc) is 3.16. The lowest BCUT2D eigenvalue weighted by atomic mass is 9.86. The fourth-order valence-electron chi connectivity index (χ4n) is 3.20. The summed E-state index contributed by atoms with van der Waals surface area (Å²) in [6.45, 7) is 5.06. The number of benzene rings is 1. The molecule has 118 valence electrons. The Kier molecular flexibility index (Phi) is 3.21. The SMILES string of the molecule is CC1(C)C(=O)N(c2cncc(C3OCCO3)c2)c2ccccc21. The largest absolute Gasteiger partial charge is 0.346 e. The van der Waals surface area contributed by atoms with Crippen molar-refractivity contribution in [3.8, 4) is 0 Å². The molecule has 5 nitrogen and oxygen atoms in total. The highest BCUT2D eigenvalue weighted by Crippen LogP contribution is 2.45. The number of hydrogen-bond donors (Lipinski definition) is 0. The third-order valence-electron chi connectivity index (χ3n) is 4.45. The van der Waals surface area contributed by atoms with Crippen LogP contribution in [0.3, 0.4) is 0 Å². The van der Waals surface area contributed by atoms with Gasteiger partial charge in [0.2, 0.25) is 5.91 Å². The molecule has 23 heavy (non-hydrogen) atoms. The molecule has 5 heteroatoms. The van der Waals surface area contributed by atoms with Crippen LogP contribution in [0.5, 0.6) is 0 Å². The van der Waals surface area contributed by atoms with Gasteiger partial charge < -0.3 is 9.47 Å². The van der Waals surface area contributed by atoms with Crippen molar-refractivity contribution in [2.24, 2.45) is 0 Å². The molecule has 0 aliphatic carbocycles. The molecule has 0 N–H and O–H groups in total. The Balaban J connectivity index is 1.79. The normalized spacial score (nSPS) is 20.1. The molecule has 3 heterocycles. The molecule has 2 aromatic rings. The van der Waals surface area contributed by atoms with Crippen LogP contribution < -0.4 is 4.90 Å². The summed E-state index contributed by atoms with van der Waals surface area (Å²) in [6.07, 6.45) is 3.02. The van der Waals surface area contributed by atoms with E-state index in [0.29, 0.717) is 13.2 Å². The molecule has 0 radical (unpaired) electrons. The zero-order valence-electron chi connectivity index (χ0n) is 13.2. The topological polar surface area (TPSA) is 51.7 Å². The molecule has 0 spiro atoms. The summed E-state index contributed by atoms with van der Waals surface area (Å²) in [7, 11) is 0. The molecule has 4 rings (SSSR count). The molecule has 1 aromatic carbocycles. The van der Waals surface area contributed by atoms with Crippen LogP contribution in [0.4, 0.5) is 11.4 Å². The highest BCUT2D eigenvalue weighted by molar-refractivity contribution is 6.12. The van der Waals surface area contributed by atoms with Gasteiger partial charge in [0.1, 0.15) is 0 Å². The lowest BCUT2D eigenvalue weighted by Crippen LogP contribution is -2.33. The van der Waals surface area contributed by atoms with E-state index in [1.54, 1.807) is 17.3 Å². The Morgan fingerprint density at radius 1 is 1.17 bits per heavy atom. The van der Waals surface area contributed by atoms with Crippen molar-refractivity contribution in [3.05, 3.63) is 53.9 Å². The molecule has 1 amide bonds. The van der Waals surface area contributed by atoms with Crippen LogP contribution in [0, 0.1) is 0 Å². The van der Waals surface area contributed by atoms with Gasteiger partial charge in [0.25, 0.3) is 0 Å². The number of hydrogen-bond acceptors (Lipinski definition) is 4. The molecular formula is C18H18N2O3. The molecule has 0 bridgehead atoms. The summed E-state index contributed by atoms with van der Waals surface area (Å²) in [5, 5.41) is 0. The summed E-state index contributed by atoms with van der Waals surface area (Å²) in [4.78, 5) is 19.0. The smallest absolute Gasteiger partial charge is 0.241 e. The quantitative estimate of drug-likeness (QED) is 0.855. The van der Waals surface area contributed by atoms with E-state index in [2.05, 4.69) is 4.98 Å². The third kappa shape index (κ3) is 2.16. The molecule has 2 aliphatic rings. The highest BCUT2D eigenvalue weighted by atomic mass is 16.7. The fraction of sp³-hybridized carbons (Fsp3) is 0.333. The number of fused-ring (bicyclic) bond motifs is 1. The Bertz CT molecular complexity index is 766. The van der Waals surface area contributed by atoms with E-state index in [1.165, 1.54) is 0 Å². The number of anilines is 2. The van der Waals surface area contributed by atoms with E-state index >= 15 is 0 Å². The van der Waals surface area contributed by atoms with Crippen LogP contribution in [0.1, 0.15) is 31.3 Å². The lowest BCUT2D eigenvalue weighted by molar-refractivity contribution is -0.121. The van der Waals surface area contributed by atoms with Gasteiger partial charge in [0, 0.05) is 11.8 Å². The van der Waals surface area contributed by atoms with E-state index in [0.717, 1.165) is 22.5 Å². The van der Waals surface area contributed by atoms with Gasteiger partial charge in [-0.3, -0.25) is 14.7 Å². The van der Waals surface area contributed by atoms with Crippen LogP contribution in [-0.4, -0.2) is 24.1 Å². The second-order valence-corrected chi connectivity index (χ2v) is 6.33. The summed E-state index contributed by atoms with van der Waals surface area (Å²) in [5.41, 5.74) is 2.96. The molecule has 0 unspecified atom stereocenters. The summed E-state index contributed by atoms with van der Waals surface area (Å²) < 4.78 is 11.1. The van der Waals surface area contributed by atoms with Crippen molar-refractivity contribution in [1.82, 2.24) is 4.98 Å². The molecule has 1 aromatic heterocycles. The average molecular weight is 310 g/mol. The first-order valence-corrected chi connectivity index (χ1v) is 7.71. The predicted octanol–water partition coefficient (Wildman–Crippen LogP) is 3.08. The number of para-hydroxylation sites is 1. The van der Waals surface area contributed by atoms with E-state index in [4.69, 9.17) is 9.47 Å². The number of amides is 1. The van der Waals surface area contributed by atoms with E-state index in [-0.39, 0.29) is 5.91 Å². The Hall–Kier alpha value is -2.24. The van der Waals surface area contributed by atoms with Crippen LogP contribution in [0.25, 0.3) is 0 Å². The number of pyridine rings is 1. The highest BCUT2D eigenvalue weighted by Gasteiger charge is 2.44. The summed E-state index contributed by atoms with van der Waals surface area (Å²) in [6, 6.07) is 9.80. The summed E-state index contributed by atoms with van der Waals surface area (Å²) >= 11 is 0. The minimum Gasteiger partial charge on any atom is -0.346 e. The molecule has 1 fully saturated rings. The zero-order chi connectivity index (χ0) is 16.0. The Morgan fingerprint density at radius 3 is 2.70 bits per heavy atom. The van der Waals surface area contributed by atoms with Gasteiger partial charge in [-0.05, 0) is 31.5 Å².